The Morgan fingerprint density at radius 3 is 2.88 bits per heavy atom. The molecule has 1 aromatic rings. The van der Waals surface area contributed by atoms with E-state index in [9.17, 15) is 0 Å². The van der Waals surface area contributed by atoms with Crippen molar-refractivity contribution in [3.63, 3.8) is 0 Å². The third-order valence-electron chi connectivity index (χ3n) is 4.24. The maximum atomic E-state index is 3.63. The minimum atomic E-state index is 0.634. The summed E-state index contributed by atoms with van der Waals surface area (Å²) in [5.74, 6) is 0. The highest BCUT2D eigenvalue weighted by Gasteiger charge is 2.38. The highest BCUT2D eigenvalue weighted by atomic mass is 79.9. The van der Waals surface area contributed by atoms with E-state index in [1.807, 2.05) is 11.3 Å². The van der Waals surface area contributed by atoms with Gasteiger partial charge in [-0.1, -0.05) is 0 Å². The SMILES string of the molecule is Brc1ccsc1CN1CCC2(CCNCC2)C1. The maximum absolute atomic E-state index is 3.63. The molecule has 2 aliphatic heterocycles. The van der Waals surface area contributed by atoms with Crippen molar-refractivity contribution in [3.05, 3.63) is 20.8 Å². The summed E-state index contributed by atoms with van der Waals surface area (Å²) in [5.41, 5.74) is 0.634. The van der Waals surface area contributed by atoms with Crippen molar-refractivity contribution in [2.75, 3.05) is 26.2 Å². The molecule has 0 radical (unpaired) electrons. The lowest BCUT2D eigenvalue weighted by Gasteiger charge is -2.33. The van der Waals surface area contributed by atoms with E-state index in [0.717, 1.165) is 6.54 Å². The van der Waals surface area contributed by atoms with Gasteiger partial charge in [0.15, 0.2) is 0 Å². The van der Waals surface area contributed by atoms with Crippen LogP contribution >= 0.6 is 27.3 Å². The molecule has 2 fully saturated rings. The summed E-state index contributed by atoms with van der Waals surface area (Å²) in [6.45, 7) is 6.16. The van der Waals surface area contributed by atoms with Crippen LogP contribution in [0.25, 0.3) is 0 Å². The van der Waals surface area contributed by atoms with Gasteiger partial charge in [-0.2, -0.15) is 0 Å². The Morgan fingerprint density at radius 1 is 1.35 bits per heavy atom. The summed E-state index contributed by atoms with van der Waals surface area (Å²) in [4.78, 5) is 4.12. The lowest BCUT2D eigenvalue weighted by atomic mass is 9.78. The number of nitrogens with zero attached hydrogens (tertiary/aromatic N) is 1. The molecule has 2 aliphatic rings. The van der Waals surface area contributed by atoms with Gasteiger partial charge in [0, 0.05) is 22.4 Å². The zero-order valence-corrected chi connectivity index (χ0v) is 12.4. The molecule has 3 rings (SSSR count). The van der Waals surface area contributed by atoms with E-state index in [0.29, 0.717) is 5.41 Å². The van der Waals surface area contributed by atoms with Gasteiger partial charge in [-0.3, -0.25) is 4.90 Å². The quantitative estimate of drug-likeness (QED) is 0.902. The number of hydrogen-bond acceptors (Lipinski definition) is 3. The minimum Gasteiger partial charge on any atom is -0.317 e. The molecule has 3 heterocycles. The lowest BCUT2D eigenvalue weighted by molar-refractivity contribution is 0.194. The van der Waals surface area contributed by atoms with Crippen LogP contribution in [-0.2, 0) is 6.54 Å². The monoisotopic (exact) mass is 314 g/mol. The van der Waals surface area contributed by atoms with Crippen molar-refractivity contribution < 1.29 is 0 Å². The van der Waals surface area contributed by atoms with Crippen LogP contribution in [0.1, 0.15) is 24.1 Å². The number of hydrogen-bond donors (Lipinski definition) is 1. The molecule has 0 unspecified atom stereocenters. The van der Waals surface area contributed by atoms with Crippen LogP contribution in [-0.4, -0.2) is 31.1 Å². The summed E-state index contributed by atoms with van der Waals surface area (Å²) in [7, 11) is 0. The molecule has 1 N–H and O–H groups in total. The second-order valence-corrected chi connectivity index (χ2v) is 7.26. The van der Waals surface area contributed by atoms with Gasteiger partial charge >= 0.3 is 0 Å². The number of nitrogens with one attached hydrogen (secondary N) is 1. The largest absolute Gasteiger partial charge is 0.317 e. The standard InChI is InChI=1S/C13H19BrN2S/c14-11-1-8-17-12(11)9-16-7-4-13(10-16)2-5-15-6-3-13/h1,8,15H,2-7,9-10H2. The van der Waals surface area contributed by atoms with Crippen molar-refractivity contribution in [1.82, 2.24) is 10.2 Å². The second kappa shape index (κ2) is 5.00. The van der Waals surface area contributed by atoms with Crippen molar-refractivity contribution in [2.45, 2.75) is 25.8 Å². The molecule has 1 spiro atoms. The first-order chi connectivity index (χ1) is 8.27. The zero-order valence-electron chi connectivity index (χ0n) is 10.0. The van der Waals surface area contributed by atoms with Gasteiger partial charge in [0.2, 0.25) is 0 Å². The molecule has 0 atom stereocenters. The second-order valence-electron chi connectivity index (χ2n) is 5.40. The van der Waals surface area contributed by atoms with Crippen LogP contribution < -0.4 is 5.32 Å². The molecular formula is C13H19BrN2S. The Bertz CT molecular complexity index is 385. The van der Waals surface area contributed by atoms with E-state index < -0.39 is 0 Å². The van der Waals surface area contributed by atoms with Gasteiger partial charge in [-0.15, -0.1) is 11.3 Å². The summed E-state index contributed by atoms with van der Waals surface area (Å²) in [6, 6.07) is 2.16. The molecule has 0 amide bonds. The third kappa shape index (κ3) is 2.60. The van der Waals surface area contributed by atoms with Crippen LogP contribution in [0, 0.1) is 5.41 Å². The fourth-order valence-corrected chi connectivity index (χ4v) is 4.69. The first-order valence-electron chi connectivity index (χ1n) is 6.42. The molecule has 0 saturated carbocycles. The molecule has 1 aromatic heterocycles. The Labute approximate surface area is 116 Å². The minimum absolute atomic E-state index is 0.634. The molecule has 2 nitrogen and oxygen atoms in total. The van der Waals surface area contributed by atoms with E-state index >= 15 is 0 Å². The smallest absolute Gasteiger partial charge is 0.0339 e. The Hall–Kier alpha value is 0.1000. The predicted molar refractivity (Wildman–Crippen MR) is 76.4 cm³/mol. The van der Waals surface area contributed by atoms with Gasteiger partial charge < -0.3 is 5.32 Å². The van der Waals surface area contributed by atoms with E-state index in [2.05, 4.69) is 37.6 Å². The van der Waals surface area contributed by atoms with Gasteiger partial charge in [0.05, 0.1) is 0 Å². The van der Waals surface area contributed by atoms with Gasteiger partial charge in [0.25, 0.3) is 0 Å². The Balaban J connectivity index is 1.62. The summed E-state index contributed by atoms with van der Waals surface area (Å²) in [6.07, 6.45) is 4.14. The van der Waals surface area contributed by atoms with Crippen LogP contribution in [0.2, 0.25) is 0 Å². The van der Waals surface area contributed by atoms with Crippen molar-refractivity contribution >= 4 is 27.3 Å². The Morgan fingerprint density at radius 2 is 2.18 bits per heavy atom. The normalized spacial score (nSPS) is 24.5. The van der Waals surface area contributed by atoms with Crippen LogP contribution in [0.3, 0.4) is 0 Å². The van der Waals surface area contributed by atoms with Gasteiger partial charge in [-0.05, 0) is 71.7 Å². The summed E-state index contributed by atoms with van der Waals surface area (Å²) < 4.78 is 1.29. The van der Waals surface area contributed by atoms with Gasteiger partial charge in [0.1, 0.15) is 0 Å². The van der Waals surface area contributed by atoms with E-state index in [-0.39, 0.29) is 0 Å². The van der Waals surface area contributed by atoms with Crippen molar-refractivity contribution in [3.8, 4) is 0 Å². The molecule has 0 bridgehead atoms. The average Bonchev–Trinajstić information content (AvgIpc) is 2.90. The highest BCUT2D eigenvalue weighted by molar-refractivity contribution is 9.10. The molecule has 94 valence electrons. The summed E-state index contributed by atoms with van der Waals surface area (Å²) in [5, 5.41) is 5.66. The highest BCUT2D eigenvalue weighted by Crippen LogP contribution is 2.39. The summed E-state index contributed by atoms with van der Waals surface area (Å²) >= 11 is 5.51. The third-order valence-corrected chi connectivity index (χ3v) is 6.15. The van der Waals surface area contributed by atoms with E-state index in [4.69, 9.17) is 0 Å². The molecule has 17 heavy (non-hydrogen) atoms. The van der Waals surface area contributed by atoms with Gasteiger partial charge in [-0.25, -0.2) is 0 Å². The maximum Gasteiger partial charge on any atom is 0.0339 e. The molecule has 0 aliphatic carbocycles. The Kier molecular flexibility index (Phi) is 3.57. The first-order valence-corrected chi connectivity index (χ1v) is 8.10. The first kappa shape index (κ1) is 12.2. The zero-order chi connectivity index (χ0) is 11.7. The molecule has 4 heteroatoms. The van der Waals surface area contributed by atoms with E-state index in [1.54, 1.807) is 0 Å². The lowest BCUT2D eigenvalue weighted by Crippen LogP contribution is -2.38. The molecule has 0 aromatic carbocycles. The van der Waals surface area contributed by atoms with Crippen molar-refractivity contribution in [2.24, 2.45) is 5.41 Å². The molecular weight excluding hydrogens is 296 g/mol. The predicted octanol–water partition coefficient (Wildman–Crippen LogP) is 3.09. The average molecular weight is 315 g/mol. The topological polar surface area (TPSA) is 15.3 Å². The van der Waals surface area contributed by atoms with Crippen LogP contribution in [0.4, 0.5) is 0 Å². The molecule has 2 saturated heterocycles. The number of likely N-dealkylation sites (tertiary alicyclic amines) is 1. The van der Waals surface area contributed by atoms with Crippen LogP contribution in [0.5, 0.6) is 0 Å². The number of piperidine rings is 1. The number of rotatable bonds is 2. The van der Waals surface area contributed by atoms with Crippen molar-refractivity contribution in [1.29, 1.82) is 0 Å². The number of halogens is 1. The fourth-order valence-electron chi connectivity index (χ4n) is 3.17. The van der Waals surface area contributed by atoms with E-state index in [1.165, 1.54) is 54.8 Å². The number of thiophene rings is 1. The fraction of sp³-hybridized carbons (Fsp3) is 0.692. The van der Waals surface area contributed by atoms with Crippen LogP contribution in [0.15, 0.2) is 15.9 Å².